The summed E-state index contributed by atoms with van der Waals surface area (Å²) in [5, 5.41) is 12.2. The van der Waals surface area contributed by atoms with Gasteiger partial charge < -0.3 is 14.6 Å². The molecule has 2 aromatic carbocycles. The van der Waals surface area contributed by atoms with Crippen LogP contribution in [0.25, 0.3) is 11.4 Å². The molecular formula is C24H23N5O2S. The molecule has 4 aromatic rings. The van der Waals surface area contributed by atoms with Gasteiger partial charge in [-0.05, 0) is 48.9 Å². The number of carbonyl (C=O) groups is 1. The molecule has 1 N–H and O–H groups in total. The van der Waals surface area contributed by atoms with Crippen molar-refractivity contribution >= 4 is 23.4 Å². The molecule has 0 aliphatic carbocycles. The number of thioether (sulfide) groups is 1. The van der Waals surface area contributed by atoms with Gasteiger partial charge in [0.05, 0.1) is 5.75 Å². The Bertz CT molecular complexity index is 1150. The third-order valence-electron chi connectivity index (χ3n) is 4.69. The summed E-state index contributed by atoms with van der Waals surface area (Å²) in [4.78, 5) is 16.5. The normalized spacial score (nSPS) is 10.7. The summed E-state index contributed by atoms with van der Waals surface area (Å²) >= 11 is 1.36. The van der Waals surface area contributed by atoms with E-state index in [-0.39, 0.29) is 11.7 Å². The minimum absolute atomic E-state index is 0.107. The Morgan fingerprint density at radius 3 is 2.47 bits per heavy atom. The number of pyridine rings is 1. The molecule has 4 rings (SSSR count). The highest BCUT2D eigenvalue weighted by atomic mass is 32.2. The van der Waals surface area contributed by atoms with E-state index < -0.39 is 0 Å². The number of carbonyl (C=O) groups excluding carboxylic acids is 1. The highest BCUT2D eigenvalue weighted by Gasteiger charge is 2.14. The number of hydrogen-bond donors (Lipinski definition) is 1. The number of anilines is 1. The molecule has 8 heteroatoms. The molecule has 2 heterocycles. The summed E-state index contributed by atoms with van der Waals surface area (Å²) < 4.78 is 7.78. The van der Waals surface area contributed by atoms with E-state index in [0.29, 0.717) is 18.3 Å². The third kappa shape index (κ3) is 5.53. The van der Waals surface area contributed by atoms with Crippen LogP contribution in [0.4, 0.5) is 5.69 Å². The fraction of sp³-hybridized carbons (Fsp3) is 0.167. The Morgan fingerprint density at radius 1 is 1.00 bits per heavy atom. The molecule has 0 radical (unpaired) electrons. The largest absolute Gasteiger partial charge is 0.489 e. The first-order valence-corrected chi connectivity index (χ1v) is 11.2. The van der Waals surface area contributed by atoms with Crippen molar-refractivity contribution in [2.24, 2.45) is 0 Å². The maximum atomic E-state index is 12.4. The molecule has 162 valence electrons. The van der Waals surface area contributed by atoms with Gasteiger partial charge in [0.15, 0.2) is 11.0 Å². The summed E-state index contributed by atoms with van der Waals surface area (Å²) in [5.74, 6) is 1.65. The number of hydrogen-bond acceptors (Lipinski definition) is 6. The predicted molar refractivity (Wildman–Crippen MR) is 125 cm³/mol. The van der Waals surface area contributed by atoms with Crippen LogP contribution in [0.15, 0.2) is 84.3 Å². The zero-order chi connectivity index (χ0) is 22.2. The second-order valence-electron chi connectivity index (χ2n) is 6.92. The summed E-state index contributed by atoms with van der Waals surface area (Å²) in [7, 11) is 0. The number of ether oxygens (including phenoxy) is 1. The van der Waals surface area contributed by atoms with Crippen molar-refractivity contribution in [3.63, 3.8) is 0 Å². The smallest absolute Gasteiger partial charge is 0.234 e. The quantitative estimate of drug-likeness (QED) is 0.377. The molecule has 0 saturated heterocycles. The summed E-state index contributed by atoms with van der Waals surface area (Å²) in [5.41, 5.74) is 2.77. The van der Waals surface area contributed by atoms with Crippen LogP contribution in [0.2, 0.25) is 0 Å². The third-order valence-corrected chi connectivity index (χ3v) is 5.66. The zero-order valence-electron chi connectivity index (χ0n) is 17.6. The fourth-order valence-corrected chi connectivity index (χ4v) is 3.90. The summed E-state index contributed by atoms with van der Waals surface area (Å²) in [6, 6.07) is 21.1. The van der Waals surface area contributed by atoms with Crippen molar-refractivity contribution in [3.8, 4) is 17.1 Å². The summed E-state index contributed by atoms with van der Waals surface area (Å²) in [6.07, 6.45) is 3.45. The van der Waals surface area contributed by atoms with E-state index in [1.54, 1.807) is 12.4 Å². The molecule has 0 aliphatic heterocycles. The standard InChI is InChI=1S/C24H23N5O2S/c1-2-29-23(19-12-14-25-15-13-19)27-28-24(29)32-17-22(30)26-20-8-10-21(11-9-20)31-16-18-6-4-3-5-7-18/h3-15H,2,16-17H2,1H3,(H,26,30). The number of nitrogens with one attached hydrogen (secondary N) is 1. The van der Waals surface area contributed by atoms with Crippen LogP contribution >= 0.6 is 11.8 Å². The SMILES string of the molecule is CCn1c(SCC(=O)Nc2ccc(OCc3ccccc3)cc2)nnc1-c1ccncc1. The van der Waals surface area contributed by atoms with Gasteiger partial charge in [0.25, 0.3) is 0 Å². The van der Waals surface area contributed by atoms with Crippen molar-refractivity contribution in [2.45, 2.75) is 25.2 Å². The monoisotopic (exact) mass is 445 g/mol. The van der Waals surface area contributed by atoms with Crippen molar-refractivity contribution in [1.82, 2.24) is 19.7 Å². The molecule has 32 heavy (non-hydrogen) atoms. The average molecular weight is 446 g/mol. The van der Waals surface area contributed by atoms with Crippen LogP contribution in [0.1, 0.15) is 12.5 Å². The van der Waals surface area contributed by atoms with Crippen LogP contribution in [-0.2, 0) is 17.9 Å². The average Bonchev–Trinajstić information content (AvgIpc) is 3.26. The highest BCUT2D eigenvalue weighted by Crippen LogP contribution is 2.24. The van der Waals surface area contributed by atoms with Gasteiger partial charge in [0.2, 0.25) is 5.91 Å². The van der Waals surface area contributed by atoms with Crippen LogP contribution in [0.3, 0.4) is 0 Å². The Hall–Kier alpha value is -3.65. The lowest BCUT2D eigenvalue weighted by Crippen LogP contribution is -2.14. The van der Waals surface area contributed by atoms with Gasteiger partial charge in [-0.1, -0.05) is 42.1 Å². The van der Waals surface area contributed by atoms with Crippen molar-refractivity contribution in [1.29, 1.82) is 0 Å². The minimum atomic E-state index is -0.107. The van der Waals surface area contributed by atoms with E-state index in [1.165, 1.54) is 11.8 Å². The van der Waals surface area contributed by atoms with E-state index in [0.717, 1.165) is 28.4 Å². The minimum Gasteiger partial charge on any atom is -0.489 e. The number of aromatic nitrogens is 4. The number of amides is 1. The Labute approximate surface area is 190 Å². The molecule has 1 amide bonds. The van der Waals surface area contributed by atoms with Gasteiger partial charge in [-0.15, -0.1) is 10.2 Å². The van der Waals surface area contributed by atoms with Gasteiger partial charge in [0, 0.05) is 30.2 Å². The maximum absolute atomic E-state index is 12.4. The molecular weight excluding hydrogens is 422 g/mol. The Kier molecular flexibility index (Phi) is 7.14. The molecule has 0 aliphatic rings. The van der Waals surface area contributed by atoms with Gasteiger partial charge >= 0.3 is 0 Å². The molecule has 2 aromatic heterocycles. The molecule has 0 fully saturated rings. The van der Waals surface area contributed by atoms with Crippen LogP contribution in [-0.4, -0.2) is 31.4 Å². The lowest BCUT2D eigenvalue weighted by Gasteiger charge is -2.09. The van der Waals surface area contributed by atoms with E-state index in [4.69, 9.17) is 4.74 Å². The van der Waals surface area contributed by atoms with Crippen LogP contribution < -0.4 is 10.1 Å². The topological polar surface area (TPSA) is 81.9 Å². The second-order valence-corrected chi connectivity index (χ2v) is 7.86. The van der Waals surface area contributed by atoms with Gasteiger partial charge in [-0.25, -0.2) is 0 Å². The van der Waals surface area contributed by atoms with Crippen LogP contribution in [0.5, 0.6) is 5.75 Å². The van der Waals surface area contributed by atoms with Gasteiger partial charge in [-0.3, -0.25) is 9.78 Å². The zero-order valence-corrected chi connectivity index (χ0v) is 18.5. The second kappa shape index (κ2) is 10.6. The molecule has 7 nitrogen and oxygen atoms in total. The Balaban J connectivity index is 1.30. The van der Waals surface area contributed by atoms with Crippen molar-refractivity contribution < 1.29 is 9.53 Å². The molecule has 0 spiro atoms. The van der Waals surface area contributed by atoms with Gasteiger partial charge in [0.1, 0.15) is 12.4 Å². The van der Waals surface area contributed by atoms with Crippen LogP contribution in [0, 0.1) is 0 Å². The lowest BCUT2D eigenvalue weighted by atomic mass is 10.2. The van der Waals surface area contributed by atoms with E-state index in [2.05, 4.69) is 20.5 Å². The van der Waals surface area contributed by atoms with Crippen molar-refractivity contribution in [3.05, 3.63) is 84.7 Å². The molecule has 0 bridgehead atoms. The van der Waals surface area contributed by atoms with E-state index in [9.17, 15) is 4.79 Å². The van der Waals surface area contributed by atoms with Crippen molar-refractivity contribution in [2.75, 3.05) is 11.1 Å². The Morgan fingerprint density at radius 2 is 1.75 bits per heavy atom. The predicted octanol–water partition coefficient (Wildman–Crippen LogP) is 4.67. The number of nitrogens with zero attached hydrogens (tertiary/aromatic N) is 4. The summed E-state index contributed by atoms with van der Waals surface area (Å²) in [6.45, 7) is 3.24. The molecule has 0 saturated carbocycles. The first-order chi connectivity index (χ1) is 15.7. The lowest BCUT2D eigenvalue weighted by molar-refractivity contribution is -0.113. The maximum Gasteiger partial charge on any atom is 0.234 e. The number of benzene rings is 2. The number of rotatable bonds is 9. The van der Waals surface area contributed by atoms with E-state index >= 15 is 0 Å². The fourth-order valence-electron chi connectivity index (χ4n) is 3.10. The first-order valence-electron chi connectivity index (χ1n) is 10.3. The van der Waals surface area contributed by atoms with E-state index in [1.807, 2.05) is 78.2 Å². The molecule has 0 unspecified atom stereocenters. The van der Waals surface area contributed by atoms with Gasteiger partial charge in [-0.2, -0.15) is 0 Å². The highest BCUT2D eigenvalue weighted by molar-refractivity contribution is 7.99. The first kappa shape index (κ1) is 21.6. The molecule has 0 atom stereocenters.